The first-order chi connectivity index (χ1) is 13.2. The minimum atomic E-state index is -0.622. The SMILES string of the molecule is CCNC(CO)(CO)CCc1ccc(OCCCOc2ccccc2)cc1. The maximum absolute atomic E-state index is 9.59. The summed E-state index contributed by atoms with van der Waals surface area (Å²) in [5.41, 5.74) is 0.529. The Labute approximate surface area is 162 Å². The number of aryl methyl sites for hydroxylation is 1. The van der Waals surface area contributed by atoms with Crippen LogP contribution in [0.3, 0.4) is 0 Å². The predicted molar refractivity (Wildman–Crippen MR) is 107 cm³/mol. The van der Waals surface area contributed by atoms with Gasteiger partial charge in [0, 0.05) is 6.42 Å². The molecule has 148 valence electrons. The van der Waals surface area contributed by atoms with Gasteiger partial charge in [-0.15, -0.1) is 0 Å². The van der Waals surface area contributed by atoms with E-state index in [9.17, 15) is 10.2 Å². The second-order valence-electron chi connectivity index (χ2n) is 6.63. The smallest absolute Gasteiger partial charge is 0.119 e. The average molecular weight is 373 g/mol. The van der Waals surface area contributed by atoms with E-state index in [1.54, 1.807) is 0 Å². The number of aliphatic hydroxyl groups excluding tert-OH is 2. The van der Waals surface area contributed by atoms with Crippen molar-refractivity contribution in [1.82, 2.24) is 5.32 Å². The number of rotatable bonds is 13. The summed E-state index contributed by atoms with van der Waals surface area (Å²) >= 11 is 0. The fourth-order valence-electron chi connectivity index (χ4n) is 2.87. The van der Waals surface area contributed by atoms with Crippen LogP contribution in [0, 0.1) is 0 Å². The summed E-state index contributed by atoms with van der Waals surface area (Å²) in [4.78, 5) is 0. The highest BCUT2D eigenvalue weighted by atomic mass is 16.5. The third-order valence-electron chi connectivity index (χ3n) is 4.54. The van der Waals surface area contributed by atoms with Crippen molar-refractivity contribution in [1.29, 1.82) is 0 Å². The van der Waals surface area contributed by atoms with E-state index in [2.05, 4.69) is 5.32 Å². The number of nitrogens with one attached hydrogen (secondary N) is 1. The molecule has 0 fully saturated rings. The van der Waals surface area contributed by atoms with E-state index in [4.69, 9.17) is 9.47 Å². The molecule has 0 saturated heterocycles. The Balaban J connectivity index is 1.70. The molecule has 0 aliphatic heterocycles. The monoisotopic (exact) mass is 373 g/mol. The number of ether oxygens (including phenoxy) is 2. The summed E-state index contributed by atoms with van der Waals surface area (Å²) in [7, 11) is 0. The van der Waals surface area contributed by atoms with E-state index in [1.807, 2.05) is 61.5 Å². The van der Waals surface area contributed by atoms with Crippen LogP contribution < -0.4 is 14.8 Å². The molecular formula is C22H31NO4. The quantitative estimate of drug-likeness (QED) is 0.471. The minimum Gasteiger partial charge on any atom is -0.493 e. The van der Waals surface area contributed by atoms with Crippen LogP contribution in [0.2, 0.25) is 0 Å². The van der Waals surface area contributed by atoms with Crippen molar-refractivity contribution in [2.45, 2.75) is 31.7 Å². The molecule has 0 heterocycles. The average Bonchev–Trinajstić information content (AvgIpc) is 2.73. The number of hydrogen-bond donors (Lipinski definition) is 3. The summed E-state index contributed by atoms with van der Waals surface area (Å²) in [5, 5.41) is 22.4. The van der Waals surface area contributed by atoms with Crippen LogP contribution >= 0.6 is 0 Å². The minimum absolute atomic E-state index is 0.0798. The van der Waals surface area contributed by atoms with Crippen molar-refractivity contribution in [2.75, 3.05) is 33.0 Å². The molecular weight excluding hydrogens is 342 g/mol. The van der Waals surface area contributed by atoms with Gasteiger partial charge in [-0.05, 0) is 49.2 Å². The Morgan fingerprint density at radius 3 is 2.00 bits per heavy atom. The number of benzene rings is 2. The Morgan fingerprint density at radius 2 is 1.44 bits per heavy atom. The molecule has 0 aliphatic rings. The molecule has 3 N–H and O–H groups in total. The zero-order valence-electron chi connectivity index (χ0n) is 16.1. The van der Waals surface area contributed by atoms with Gasteiger partial charge in [0.1, 0.15) is 11.5 Å². The summed E-state index contributed by atoms with van der Waals surface area (Å²) < 4.78 is 11.4. The molecule has 27 heavy (non-hydrogen) atoms. The number of aliphatic hydroxyl groups is 2. The van der Waals surface area contributed by atoms with Crippen LogP contribution in [0.1, 0.15) is 25.3 Å². The summed E-state index contributed by atoms with van der Waals surface area (Å²) in [6, 6.07) is 17.7. The maximum atomic E-state index is 9.59. The standard InChI is InChI=1S/C22H31NO4/c1-2-23-22(17-24,18-25)14-13-19-9-11-21(12-10-19)27-16-6-15-26-20-7-4-3-5-8-20/h3-5,7-12,23-25H,2,6,13-18H2,1H3. The number of likely N-dealkylation sites (N-methyl/N-ethyl adjacent to an activating group) is 1. The highest BCUT2D eigenvalue weighted by molar-refractivity contribution is 5.27. The topological polar surface area (TPSA) is 71.0 Å². The number of hydrogen-bond acceptors (Lipinski definition) is 5. The third kappa shape index (κ3) is 7.21. The molecule has 0 unspecified atom stereocenters. The van der Waals surface area contributed by atoms with Gasteiger partial charge in [0.25, 0.3) is 0 Å². The molecule has 0 aliphatic carbocycles. The molecule has 2 rings (SSSR count). The van der Waals surface area contributed by atoms with E-state index in [-0.39, 0.29) is 13.2 Å². The van der Waals surface area contributed by atoms with Crippen molar-refractivity contribution in [3.63, 3.8) is 0 Å². The third-order valence-corrected chi connectivity index (χ3v) is 4.54. The fourth-order valence-corrected chi connectivity index (χ4v) is 2.87. The van der Waals surface area contributed by atoms with Crippen LogP contribution in [0.4, 0.5) is 0 Å². The normalized spacial score (nSPS) is 11.4. The van der Waals surface area contributed by atoms with Gasteiger partial charge in [0.2, 0.25) is 0 Å². The zero-order valence-corrected chi connectivity index (χ0v) is 16.1. The molecule has 0 aromatic heterocycles. The van der Waals surface area contributed by atoms with Gasteiger partial charge in [-0.2, -0.15) is 0 Å². The van der Waals surface area contributed by atoms with Gasteiger partial charge in [-0.1, -0.05) is 37.3 Å². The van der Waals surface area contributed by atoms with Crippen LogP contribution in [0.25, 0.3) is 0 Å². The van der Waals surface area contributed by atoms with Crippen LogP contribution in [-0.4, -0.2) is 48.7 Å². The molecule has 5 nitrogen and oxygen atoms in total. The number of para-hydroxylation sites is 1. The van der Waals surface area contributed by atoms with Gasteiger partial charge < -0.3 is 25.0 Å². The molecule has 0 spiro atoms. The lowest BCUT2D eigenvalue weighted by molar-refractivity contribution is 0.0858. The van der Waals surface area contributed by atoms with Gasteiger partial charge in [-0.25, -0.2) is 0 Å². The van der Waals surface area contributed by atoms with Crippen LogP contribution in [-0.2, 0) is 6.42 Å². The highest BCUT2D eigenvalue weighted by Gasteiger charge is 2.26. The Morgan fingerprint density at radius 1 is 0.852 bits per heavy atom. The largest absolute Gasteiger partial charge is 0.493 e. The molecule has 0 amide bonds. The molecule has 0 atom stereocenters. The van der Waals surface area contributed by atoms with Gasteiger partial charge in [-0.3, -0.25) is 0 Å². The van der Waals surface area contributed by atoms with E-state index in [0.29, 0.717) is 26.2 Å². The van der Waals surface area contributed by atoms with Crippen molar-refractivity contribution < 1.29 is 19.7 Å². The van der Waals surface area contributed by atoms with Gasteiger partial charge >= 0.3 is 0 Å². The van der Waals surface area contributed by atoms with E-state index >= 15 is 0 Å². The predicted octanol–water partition coefficient (Wildman–Crippen LogP) is 2.80. The van der Waals surface area contributed by atoms with Crippen LogP contribution in [0.15, 0.2) is 54.6 Å². The molecule has 0 bridgehead atoms. The first kappa shape index (κ1) is 21.2. The van der Waals surface area contributed by atoms with Crippen molar-refractivity contribution in [2.24, 2.45) is 0 Å². The lowest BCUT2D eigenvalue weighted by Crippen LogP contribution is -2.52. The van der Waals surface area contributed by atoms with E-state index in [0.717, 1.165) is 29.9 Å². The highest BCUT2D eigenvalue weighted by Crippen LogP contribution is 2.18. The second kappa shape index (κ2) is 11.6. The Kier molecular flexibility index (Phi) is 9.11. The summed E-state index contributed by atoms with van der Waals surface area (Å²) in [5.74, 6) is 1.71. The fraction of sp³-hybridized carbons (Fsp3) is 0.455. The molecule has 0 radical (unpaired) electrons. The van der Waals surface area contributed by atoms with Gasteiger partial charge in [0.05, 0.1) is 32.0 Å². The first-order valence-electron chi connectivity index (χ1n) is 9.57. The summed E-state index contributed by atoms with van der Waals surface area (Å²) in [6.07, 6.45) is 2.26. The van der Waals surface area contributed by atoms with Gasteiger partial charge in [0.15, 0.2) is 0 Å². The molecule has 2 aromatic rings. The molecule has 0 saturated carbocycles. The molecule has 5 heteroatoms. The van der Waals surface area contributed by atoms with Crippen molar-refractivity contribution in [3.8, 4) is 11.5 Å². The van der Waals surface area contributed by atoms with Crippen molar-refractivity contribution in [3.05, 3.63) is 60.2 Å². The Bertz CT molecular complexity index is 627. The Hall–Kier alpha value is -2.08. The summed E-state index contributed by atoms with van der Waals surface area (Å²) in [6.45, 7) is 3.74. The van der Waals surface area contributed by atoms with E-state index < -0.39 is 5.54 Å². The lowest BCUT2D eigenvalue weighted by atomic mass is 9.92. The lowest BCUT2D eigenvalue weighted by Gasteiger charge is -2.30. The second-order valence-corrected chi connectivity index (χ2v) is 6.63. The van der Waals surface area contributed by atoms with Crippen molar-refractivity contribution >= 4 is 0 Å². The zero-order chi connectivity index (χ0) is 19.4. The van der Waals surface area contributed by atoms with E-state index in [1.165, 1.54) is 0 Å². The molecule has 2 aromatic carbocycles. The van der Waals surface area contributed by atoms with Crippen LogP contribution in [0.5, 0.6) is 11.5 Å². The maximum Gasteiger partial charge on any atom is 0.119 e. The first-order valence-corrected chi connectivity index (χ1v) is 9.57.